The molecule has 0 amide bonds. The van der Waals surface area contributed by atoms with E-state index in [0.717, 1.165) is 16.1 Å². The third kappa shape index (κ3) is 2.88. The number of hydrogen-bond acceptors (Lipinski definition) is 0. The zero-order valence-electron chi connectivity index (χ0n) is 10.8. The molecule has 0 unspecified atom stereocenters. The Balaban J connectivity index is 2.43. The molecule has 2 heteroatoms. The quantitative estimate of drug-likeness (QED) is 0.604. The van der Waals surface area contributed by atoms with Crippen LogP contribution in [0, 0.1) is 0 Å². The Kier molecular flexibility index (Phi) is 3.70. The third-order valence-corrected chi connectivity index (χ3v) is 3.56. The van der Waals surface area contributed by atoms with Gasteiger partial charge in [0.25, 0.3) is 0 Å². The highest BCUT2D eigenvalue weighted by molar-refractivity contribution is 6.35. The van der Waals surface area contributed by atoms with Crippen LogP contribution in [0.2, 0.25) is 10.0 Å². The fourth-order valence-electron chi connectivity index (χ4n) is 1.87. The Morgan fingerprint density at radius 3 is 2.00 bits per heavy atom. The van der Waals surface area contributed by atoms with Gasteiger partial charge in [-0.15, -0.1) is 0 Å². The molecule has 0 atom stereocenters. The second-order valence-electron chi connectivity index (χ2n) is 5.45. The van der Waals surface area contributed by atoms with Crippen molar-refractivity contribution >= 4 is 23.2 Å². The van der Waals surface area contributed by atoms with E-state index in [-0.39, 0.29) is 5.41 Å². The molecule has 0 saturated carbocycles. The van der Waals surface area contributed by atoms with E-state index in [1.165, 1.54) is 5.56 Å². The van der Waals surface area contributed by atoms with Crippen molar-refractivity contribution in [2.24, 2.45) is 0 Å². The summed E-state index contributed by atoms with van der Waals surface area (Å²) < 4.78 is 0. The van der Waals surface area contributed by atoms with Gasteiger partial charge in [0, 0.05) is 15.6 Å². The molecule has 0 spiro atoms. The van der Waals surface area contributed by atoms with Crippen molar-refractivity contribution in [1.29, 1.82) is 0 Å². The lowest BCUT2D eigenvalue weighted by atomic mass is 9.86. The lowest BCUT2D eigenvalue weighted by molar-refractivity contribution is 0.590. The largest absolute Gasteiger partial charge is 0.0843 e. The van der Waals surface area contributed by atoms with Crippen LogP contribution in [0.15, 0.2) is 42.5 Å². The van der Waals surface area contributed by atoms with Crippen molar-refractivity contribution in [3.05, 3.63) is 58.1 Å². The van der Waals surface area contributed by atoms with Crippen molar-refractivity contribution < 1.29 is 0 Å². The first kappa shape index (κ1) is 13.5. The van der Waals surface area contributed by atoms with Gasteiger partial charge in [0.15, 0.2) is 0 Å². The summed E-state index contributed by atoms with van der Waals surface area (Å²) in [6.07, 6.45) is 0. The summed E-state index contributed by atoms with van der Waals surface area (Å²) in [7, 11) is 0. The van der Waals surface area contributed by atoms with Crippen molar-refractivity contribution in [2.75, 3.05) is 0 Å². The summed E-state index contributed by atoms with van der Waals surface area (Å²) in [5.41, 5.74) is 3.54. The number of rotatable bonds is 1. The molecule has 2 aromatic carbocycles. The fourth-order valence-corrected chi connectivity index (χ4v) is 2.27. The predicted molar refractivity (Wildman–Crippen MR) is 80.6 cm³/mol. The highest BCUT2D eigenvalue weighted by atomic mass is 35.5. The SMILES string of the molecule is CC(C)(C)c1ccc(-c2cc(Cl)ccc2Cl)cc1. The van der Waals surface area contributed by atoms with Gasteiger partial charge in [-0.25, -0.2) is 0 Å². The van der Waals surface area contributed by atoms with Crippen LogP contribution in [0.1, 0.15) is 26.3 Å². The molecular weight excluding hydrogens is 263 g/mol. The molecule has 0 aliphatic heterocycles. The van der Waals surface area contributed by atoms with E-state index in [2.05, 4.69) is 45.0 Å². The maximum atomic E-state index is 6.20. The van der Waals surface area contributed by atoms with Crippen LogP contribution in [0.3, 0.4) is 0 Å². The van der Waals surface area contributed by atoms with Crippen molar-refractivity contribution in [3.8, 4) is 11.1 Å². The van der Waals surface area contributed by atoms with Gasteiger partial charge in [0.2, 0.25) is 0 Å². The Hall–Kier alpha value is -0.980. The first-order valence-corrected chi connectivity index (χ1v) is 6.69. The van der Waals surface area contributed by atoms with Crippen LogP contribution in [0.5, 0.6) is 0 Å². The highest BCUT2D eigenvalue weighted by Crippen LogP contribution is 2.32. The van der Waals surface area contributed by atoms with Gasteiger partial charge in [0.1, 0.15) is 0 Å². The lowest BCUT2D eigenvalue weighted by Crippen LogP contribution is -2.10. The Morgan fingerprint density at radius 1 is 0.833 bits per heavy atom. The van der Waals surface area contributed by atoms with Gasteiger partial charge in [-0.3, -0.25) is 0 Å². The average molecular weight is 279 g/mol. The predicted octanol–water partition coefficient (Wildman–Crippen LogP) is 5.96. The minimum absolute atomic E-state index is 0.163. The monoisotopic (exact) mass is 278 g/mol. The van der Waals surface area contributed by atoms with Crippen LogP contribution < -0.4 is 0 Å². The highest BCUT2D eigenvalue weighted by Gasteiger charge is 2.13. The van der Waals surface area contributed by atoms with Crippen LogP contribution in [0.25, 0.3) is 11.1 Å². The zero-order chi connectivity index (χ0) is 13.3. The molecule has 18 heavy (non-hydrogen) atoms. The van der Waals surface area contributed by atoms with Crippen LogP contribution in [-0.2, 0) is 5.41 Å². The summed E-state index contributed by atoms with van der Waals surface area (Å²) in [5.74, 6) is 0. The Morgan fingerprint density at radius 2 is 1.44 bits per heavy atom. The molecule has 0 heterocycles. The molecule has 2 aromatic rings. The van der Waals surface area contributed by atoms with Gasteiger partial charge in [-0.2, -0.15) is 0 Å². The first-order chi connectivity index (χ1) is 8.38. The molecule has 0 bridgehead atoms. The van der Waals surface area contributed by atoms with Crippen molar-refractivity contribution in [2.45, 2.75) is 26.2 Å². The van der Waals surface area contributed by atoms with E-state index in [1.54, 1.807) is 6.07 Å². The molecule has 94 valence electrons. The number of benzene rings is 2. The third-order valence-electron chi connectivity index (χ3n) is 2.99. The molecule has 0 aromatic heterocycles. The minimum Gasteiger partial charge on any atom is -0.0843 e. The first-order valence-electron chi connectivity index (χ1n) is 5.94. The molecule has 0 nitrogen and oxygen atoms in total. The zero-order valence-corrected chi connectivity index (χ0v) is 12.3. The lowest BCUT2D eigenvalue weighted by Gasteiger charge is -2.19. The van der Waals surface area contributed by atoms with Gasteiger partial charge in [-0.05, 0) is 34.7 Å². The summed E-state index contributed by atoms with van der Waals surface area (Å²) in [4.78, 5) is 0. The summed E-state index contributed by atoms with van der Waals surface area (Å²) in [6.45, 7) is 6.61. The molecule has 0 aliphatic carbocycles. The second-order valence-corrected chi connectivity index (χ2v) is 6.30. The van der Waals surface area contributed by atoms with E-state index >= 15 is 0 Å². The molecule has 0 radical (unpaired) electrons. The molecule has 0 N–H and O–H groups in total. The van der Waals surface area contributed by atoms with E-state index < -0.39 is 0 Å². The molecule has 0 fully saturated rings. The minimum atomic E-state index is 0.163. The van der Waals surface area contributed by atoms with E-state index in [1.807, 2.05) is 12.1 Å². The van der Waals surface area contributed by atoms with Crippen LogP contribution in [0.4, 0.5) is 0 Å². The Labute approximate surface area is 119 Å². The summed E-state index contributed by atoms with van der Waals surface area (Å²) in [6, 6.07) is 14.0. The van der Waals surface area contributed by atoms with Gasteiger partial charge < -0.3 is 0 Å². The topological polar surface area (TPSA) is 0 Å². The second kappa shape index (κ2) is 4.95. The maximum absolute atomic E-state index is 6.20. The van der Waals surface area contributed by atoms with E-state index in [4.69, 9.17) is 23.2 Å². The standard InChI is InChI=1S/C16H16Cl2/c1-16(2,3)12-6-4-11(5-7-12)14-10-13(17)8-9-15(14)18/h4-10H,1-3H3. The van der Waals surface area contributed by atoms with Crippen LogP contribution >= 0.6 is 23.2 Å². The van der Waals surface area contributed by atoms with E-state index in [9.17, 15) is 0 Å². The van der Waals surface area contributed by atoms with Crippen molar-refractivity contribution in [1.82, 2.24) is 0 Å². The average Bonchev–Trinajstić information content (AvgIpc) is 2.31. The molecule has 0 aliphatic rings. The fraction of sp³-hybridized carbons (Fsp3) is 0.250. The van der Waals surface area contributed by atoms with Crippen molar-refractivity contribution in [3.63, 3.8) is 0 Å². The molecule has 2 rings (SSSR count). The number of hydrogen-bond donors (Lipinski definition) is 0. The summed E-state index contributed by atoms with van der Waals surface area (Å²) in [5, 5.41) is 1.43. The smallest absolute Gasteiger partial charge is 0.0485 e. The van der Waals surface area contributed by atoms with E-state index in [0.29, 0.717) is 5.02 Å². The molecule has 0 saturated heterocycles. The number of halogens is 2. The van der Waals surface area contributed by atoms with Gasteiger partial charge in [-0.1, -0.05) is 68.2 Å². The molecular formula is C16H16Cl2. The van der Waals surface area contributed by atoms with Crippen LogP contribution in [-0.4, -0.2) is 0 Å². The normalized spacial score (nSPS) is 11.6. The van der Waals surface area contributed by atoms with Gasteiger partial charge >= 0.3 is 0 Å². The summed E-state index contributed by atoms with van der Waals surface area (Å²) >= 11 is 12.2. The maximum Gasteiger partial charge on any atom is 0.0485 e. The van der Waals surface area contributed by atoms with Gasteiger partial charge in [0.05, 0.1) is 0 Å². The Bertz CT molecular complexity index is 548.